The van der Waals surface area contributed by atoms with Crippen LogP contribution in [0.15, 0.2) is 0 Å². The third-order valence-corrected chi connectivity index (χ3v) is 2.59. The zero-order chi connectivity index (χ0) is 13.1. The quantitative estimate of drug-likeness (QED) is 0.646. The maximum absolute atomic E-state index is 11.8. The highest BCUT2D eigenvalue weighted by atomic mass is 16.6. The van der Waals surface area contributed by atoms with Crippen molar-refractivity contribution in [2.24, 2.45) is 0 Å². The summed E-state index contributed by atoms with van der Waals surface area (Å²) in [6.45, 7) is 9.62. The first-order valence-electron chi connectivity index (χ1n) is 6.03. The Hall–Kier alpha value is -1.26. The Labute approximate surface area is 103 Å². The molecule has 0 radical (unpaired) electrons. The summed E-state index contributed by atoms with van der Waals surface area (Å²) in [5.74, 6) is 0.0658. The van der Waals surface area contributed by atoms with Crippen molar-refractivity contribution in [1.82, 2.24) is 9.80 Å². The molecule has 5 nitrogen and oxygen atoms in total. The third kappa shape index (κ3) is 4.63. The fourth-order valence-electron chi connectivity index (χ4n) is 1.74. The average Bonchev–Trinajstić information content (AvgIpc) is 2.39. The van der Waals surface area contributed by atoms with Crippen molar-refractivity contribution in [3.8, 4) is 0 Å². The lowest BCUT2D eigenvalue weighted by Crippen LogP contribution is -2.39. The van der Waals surface area contributed by atoms with E-state index in [-0.39, 0.29) is 12.0 Å². The second kappa shape index (κ2) is 5.38. The van der Waals surface area contributed by atoms with Crippen molar-refractivity contribution in [1.29, 1.82) is 0 Å². The van der Waals surface area contributed by atoms with Crippen molar-refractivity contribution in [2.45, 2.75) is 39.7 Å². The minimum Gasteiger partial charge on any atom is -0.444 e. The predicted molar refractivity (Wildman–Crippen MR) is 64.7 cm³/mol. The van der Waals surface area contributed by atoms with Gasteiger partial charge in [-0.2, -0.15) is 0 Å². The molecule has 2 amide bonds. The molecule has 0 aromatic rings. The van der Waals surface area contributed by atoms with Gasteiger partial charge in [0.2, 0.25) is 5.91 Å². The molecule has 0 atom stereocenters. The average molecular weight is 242 g/mol. The summed E-state index contributed by atoms with van der Waals surface area (Å²) >= 11 is 0. The van der Waals surface area contributed by atoms with Crippen molar-refractivity contribution in [3.05, 3.63) is 0 Å². The Morgan fingerprint density at radius 3 is 2.06 bits per heavy atom. The fourth-order valence-corrected chi connectivity index (χ4v) is 1.74. The van der Waals surface area contributed by atoms with E-state index in [1.807, 2.05) is 20.8 Å². The second-order valence-corrected chi connectivity index (χ2v) is 5.33. The van der Waals surface area contributed by atoms with Gasteiger partial charge in [-0.15, -0.1) is 0 Å². The molecule has 1 heterocycles. The Morgan fingerprint density at radius 1 is 1.00 bits per heavy atom. The first kappa shape index (κ1) is 13.8. The lowest BCUT2D eigenvalue weighted by Gasteiger charge is -2.26. The monoisotopic (exact) mass is 242 g/mol. The van der Waals surface area contributed by atoms with Crippen LogP contribution >= 0.6 is 0 Å². The van der Waals surface area contributed by atoms with Crippen LogP contribution in [0, 0.1) is 0 Å². The van der Waals surface area contributed by atoms with Crippen molar-refractivity contribution in [2.75, 3.05) is 26.2 Å². The summed E-state index contributed by atoms with van der Waals surface area (Å²) in [5, 5.41) is 0. The molecule has 0 N–H and O–H groups in total. The van der Waals surface area contributed by atoms with Crippen LogP contribution in [0.3, 0.4) is 0 Å². The molecule has 0 bridgehead atoms. The van der Waals surface area contributed by atoms with E-state index in [0.717, 1.165) is 6.42 Å². The molecule has 0 aromatic heterocycles. The molecule has 0 spiro atoms. The van der Waals surface area contributed by atoms with E-state index in [2.05, 4.69) is 0 Å². The first-order valence-corrected chi connectivity index (χ1v) is 6.03. The van der Waals surface area contributed by atoms with Crippen molar-refractivity contribution >= 4 is 12.0 Å². The molecule has 0 unspecified atom stereocenters. The fraction of sp³-hybridized carbons (Fsp3) is 0.833. The van der Waals surface area contributed by atoms with Gasteiger partial charge < -0.3 is 14.5 Å². The number of hydrogen-bond donors (Lipinski definition) is 0. The molecule has 5 heteroatoms. The molecule has 1 aliphatic rings. The molecule has 17 heavy (non-hydrogen) atoms. The minimum atomic E-state index is -0.469. The number of carbonyl (C=O) groups excluding carboxylic acids is 2. The van der Waals surface area contributed by atoms with E-state index in [4.69, 9.17) is 4.74 Å². The minimum absolute atomic E-state index is 0.0658. The zero-order valence-electron chi connectivity index (χ0n) is 11.2. The molecule has 1 aliphatic heterocycles. The van der Waals surface area contributed by atoms with Gasteiger partial charge in [-0.1, -0.05) is 0 Å². The van der Waals surface area contributed by atoms with Gasteiger partial charge in [0.25, 0.3) is 0 Å². The maximum Gasteiger partial charge on any atom is 0.410 e. The second-order valence-electron chi connectivity index (χ2n) is 5.33. The molecular formula is C12H22N2O3. The zero-order valence-corrected chi connectivity index (χ0v) is 11.2. The standard InChI is InChI=1S/C12H22N2O3/c1-10(15)13-6-5-7-14(9-8-13)11(16)17-12(2,3)4/h5-9H2,1-4H3. The van der Waals surface area contributed by atoms with Crippen LogP contribution in [0.5, 0.6) is 0 Å². The molecule has 0 aliphatic carbocycles. The maximum atomic E-state index is 11.8. The van der Waals surface area contributed by atoms with Crippen LogP contribution in [0.2, 0.25) is 0 Å². The van der Waals surface area contributed by atoms with Crippen LogP contribution in [0.25, 0.3) is 0 Å². The van der Waals surface area contributed by atoms with Crippen molar-refractivity contribution in [3.63, 3.8) is 0 Å². The summed E-state index contributed by atoms with van der Waals surface area (Å²) in [4.78, 5) is 26.5. The SMILES string of the molecule is CC(=O)N1CCCN(C(=O)OC(C)(C)C)CC1. The summed E-state index contributed by atoms with van der Waals surface area (Å²) in [6, 6.07) is 0. The largest absolute Gasteiger partial charge is 0.444 e. The smallest absolute Gasteiger partial charge is 0.410 e. The lowest BCUT2D eigenvalue weighted by atomic mass is 10.2. The first-order chi connectivity index (χ1) is 7.79. The van der Waals surface area contributed by atoms with Crippen LogP contribution < -0.4 is 0 Å². The third-order valence-electron chi connectivity index (χ3n) is 2.59. The molecule has 98 valence electrons. The van der Waals surface area contributed by atoms with Crippen LogP contribution in [-0.2, 0) is 9.53 Å². The molecular weight excluding hydrogens is 220 g/mol. The molecule has 1 saturated heterocycles. The topological polar surface area (TPSA) is 49.9 Å². The number of ether oxygens (including phenoxy) is 1. The Morgan fingerprint density at radius 2 is 1.53 bits per heavy atom. The normalized spacial score (nSPS) is 17.6. The molecule has 0 saturated carbocycles. The van der Waals surface area contributed by atoms with E-state index in [9.17, 15) is 9.59 Å². The van der Waals surface area contributed by atoms with Gasteiger partial charge in [0, 0.05) is 33.1 Å². The molecule has 0 aromatic carbocycles. The Balaban J connectivity index is 2.51. The number of nitrogens with zero attached hydrogens (tertiary/aromatic N) is 2. The highest BCUT2D eigenvalue weighted by molar-refractivity contribution is 5.73. The van der Waals surface area contributed by atoms with Gasteiger partial charge in [-0.25, -0.2) is 4.79 Å². The van der Waals surface area contributed by atoms with E-state index >= 15 is 0 Å². The van der Waals surface area contributed by atoms with E-state index in [1.54, 1.807) is 16.7 Å². The predicted octanol–water partition coefficient (Wildman–Crippen LogP) is 1.48. The van der Waals surface area contributed by atoms with Gasteiger partial charge in [0.15, 0.2) is 0 Å². The van der Waals surface area contributed by atoms with Crippen molar-refractivity contribution < 1.29 is 14.3 Å². The van der Waals surface area contributed by atoms with E-state index in [1.165, 1.54) is 0 Å². The summed E-state index contributed by atoms with van der Waals surface area (Å²) in [7, 11) is 0. The van der Waals surface area contributed by atoms with Gasteiger partial charge in [0.1, 0.15) is 5.60 Å². The molecule has 1 fully saturated rings. The molecule has 1 rings (SSSR count). The summed E-state index contributed by atoms with van der Waals surface area (Å²) in [6.07, 6.45) is 0.515. The van der Waals surface area contributed by atoms with Gasteiger partial charge in [-0.3, -0.25) is 4.79 Å². The Kier molecular flexibility index (Phi) is 4.37. The van der Waals surface area contributed by atoms with E-state index < -0.39 is 5.60 Å². The number of amides is 2. The van der Waals surface area contributed by atoms with Crippen LogP contribution in [0.4, 0.5) is 4.79 Å². The van der Waals surface area contributed by atoms with Crippen LogP contribution in [-0.4, -0.2) is 53.6 Å². The highest BCUT2D eigenvalue weighted by Gasteiger charge is 2.24. The number of rotatable bonds is 0. The lowest BCUT2D eigenvalue weighted by molar-refractivity contribution is -0.128. The summed E-state index contributed by atoms with van der Waals surface area (Å²) in [5.41, 5.74) is -0.469. The Bertz CT molecular complexity index is 297. The van der Waals surface area contributed by atoms with E-state index in [0.29, 0.717) is 26.2 Å². The summed E-state index contributed by atoms with van der Waals surface area (Å²) < 4.78 is 5.31. The number of hydrogen-bond acceptors (Lipinski definition) is 3. The number of carbonyl (C=O) groups is 2. The van der Waals surface area contributed by atoms with Gasteiger partial charge >= 0.3 is 6.09 Å². The highest BCUT2D eigenvalue weighted by Crippen LogP contribution is 2.12. The van der Waals surface area contributed by atoms with Gasteiger partial charge in [-0.05, 0) is 27.2 Å². The van der Waals surface area contributed by atoms with Gasteiger partial charge in [0.05, 0.1) is 0 Å². The van der Waals surface area contributed by atoms with Crippen LogP contribution in [0.1, 0.15) is 34.1 Å².